The largest absolute Gasteiger partial charge is 0.279 e. The van der Waals surface area contributed by atoms with E-state index < -0.39 is 10.0 Å². The van der Waals surface area contributed by atoms with Gasteiger partial charge in [0.25, 0.3) is 10.0 Å². The van der Waals surface area contributed by atoms with E-state index >= 15 is 0 Å². The fourth-order valence-corrected chi connectivity index (χ4v) is 3.12. The van der Waals surface area contributed by atoms with E-state index in [1.807, 2.05) is 6.07 Å². The molecule has 0 bridgehead atoms. The zero-order valence-corrected chi connectivity index (χ0v) is 12.2. The zero-order chi connectivity index (χ0) is 14.8. The van der Waals surface area contributed by atoms with Crippen LogP contribution in [-0.2, 0) is 10.0 Å². The maximum atomic E-state index is 12.2. The van der Waals surface area contributed by atoms with Crippen LogP contribution in [0.3, 0.4) is 0 Å². The third kappa shape index (κ3) is 3.02. The Morgan fingerprint density at radius 2 is 2.00 bits per heavy atom. The molecule has 2 rings (SSSR count). The minimum Gasteiger partial charge on any atom is -0.279 e. The smallest absolute Gasteiger partial charge is 0.264 e. The number of rotatable bonds is 3. The molecular formula is C12H7Cl2N3O2S. The first-order valence-corrected chi connectivity index (χ1v) is 7.51. The average Bonchev–Trinajstić information content (AvgIpc) is 2.41. The Labute approximate surface area is 125 Å². The van der Waals surface area contributed by atoms with E-state index in [1.165, 1.54) is 36.5 Å². The minimum atomic E-state index is -3.88. The Hall–Kier alpha value is -1.81. The second kappa shape index (κ2) is 5.67. The van der Waals surface area contributed by atoms with Crippen LogP contribution in [0.25, 0.3) is 0 Å². The SMILES string of the molecule is N#Cc1cc(NS(=O)(=O)c2cccnc2Cl)ccc1Cl. The van der Waals surface area contributed by atoms with Crippen molar-refractivity contribution in [3.05, 3.63) is 52.3 Å². The maximum Gasteiger partial charge on any atom is 0.264 e. The van der Waals surface area contributed by atoms with Gasteiger partial charge in [-0.2, -0.15) is 5.26 Å². The zero-order valence-electron chi connectivity index (χ0n) is 9.84. The van der Waals surface area contributed by atoms with Gasteiger partial charge in [0.15, 0.2) is 0 Å². The van der Waals surface area contributed by atoms with Crippen molar-refractivity contribution in [3.8, 4) is 6.07 Å². The number of benzene rings is 1. The van der Waals surface area contributed by atoms with E-state index in [4.69, 9.17) is 28.5 Å². The summed E-state index contributed by atoms with van der Waals surface area (Å²) in [5.74, 6) is 0. The van der Waals surface area contributed by atoms with Crippen LogP contribution in [0, 0.1) is 11.3 Å². The van der Waals surface area contributed by atoms with Gasteiger partial charge in [0, 0.05) is 6.20 Å². The lowest BCUT2D eigenvalue weighted by Gasteiger charge is -2.09. The number of aromatic nitrogens is 1. The molecule has 0 amide bonds. The number of halogens is 2. The van der Waals surface area contributed by atoms with Crippen molar-refractivity contribution < 1.29 is 8.42 Å². The molecule has 0 unspecified atom stereocenters. The molecule has 5 nitrogen and oxygen atoms in total. The number of nitrogens with zero attached hydrogens (tertiary/aromatic N) is 2. The molecule has 0 atom stereocenters. The molecule has 0 saturated heterocycles. The number of nitrogens with one attached hydrogen (secondary N) is 1. The van der Waals surface area contributed by atoms with Gasteiger partial charge in [-0.3, -0.25) is 4.72 Å². The molecular weight excluding hydrogens is 321 g/mol. The van der Waals surface area contributed by atoms with E-state index in [2.05, 4.69) is 9.71 Å². The average molecular weight is 328 g/mol. The van der Waals surface area contributed by atoms with E-state index in [9.17, 15) is 8.42 Å². The first-order valence-electron chi connectivity index (χ1n) is 5.27. The van der Waals surface area contributed by atoms with Crippen LogP contribution < -0.4 is 4.72 Å². The van der Waals surface area contributed by atoms with Gasteiger partial charge in [-0.25, -0.2) is 13.4 Å². The molecule has 0 spiro atoms. The molecule has 0 fully saturated rings. The molecule has 0 aliphatic heterocycles. The highest BCUT2D eigenvalue weighted by atomic mass is 35.5. The quantitative estimate of drug-likeness (QED) is 0.878. The molecule has 8 heteroatoms. The van der Waals surface area contributed by atoms with Gasteiger partial charge in [-0.15, -0.1) is 0 Å². The van der Waals surface area contributed by atoms with Gasteiger partial charge in [0.05, 0.1) is 16.3 Å². The molecule has 1 heterocycles. The lowest BCUT2D eigenvalue weighted by Crippen LogP contribution is -2.14. The highest BCUT2D eigenvalue weighted by Gasteiger charge is 2.18. The molecule has 0 saturated carbocycles. The van der Waals surface area contributed by atoms with E-state index in [0.29, 0.717) is 0 Å². The highest BCUT2D eigenvalue weighted by Crippen LogP contribution is 2.24. The first-order chi connectivity index (χ1) is 9.44. The van der Waals surface area contributed by atoms with Gasteiger partial charge < -0.3 is 0 Å². The Balaban J connectivity index is 2.39. The number of hydrogen-bond donors (Lipinski definition) is 1. The summed E-state index contributed by atoms with van der Waals surface area (Å²) in [6.07, 6.45) is 1.39. The first kappa shape index (κ1) is 14.6. The van der Waals surface area contributed by atoms with Crippen LogP contribution in [0.1, 0.15) is 5.56 Å². The minimum absolute atomic E-state index is 0.130. The van der Waals surface area contributed by atoms with Gasteiger partial charge in [0.2, 0.25) is 0 Å². The highest BCUT2D eigenvalue weighted by molar-refractivity contribution is 7.92. The fourth-order valence-electron chi connectivity index (χ4n) is 1.46. The molecule has 20 heavy (non-hydrogen) atoms. The Bertz CT molecular complexity index is 801. The summed E-state index contributed by atoms with van der Waals surface area (Å²) in [6, 6.07) is 8.88. The Kier molecular flexibility index (Phi) is 4.14. The molecule has 1 aromatic carbocycles. The molecule has 102 valence electrons. The number of sulfonamides is 1. The number of pyridine rings is 1. The third-order valence-corrected chi connectivity index (χ3v) is 4.51. The number of anilines is 1. The molecule has 0 radical (unpaired) electrons. The van der Waals surface area contributed by atoms with Crippen LogP contribution in [0.15, 0.2) is 41.4 Å². The van der Waals surface area contributed by atoms with Gasteiger partial charge in [-0.05, 0) is 30.3 Å². The van der Waals surface area contributed by atoms with Crippen LogP contribution in [0.5, 0.6) is 0 Å². The lowest BCUT2D eigenvalue weighted by atomic mass is 10.2. The van der Waals surface area contributed by atoms with Crippen molar-refractivity contribution in [1.29, 1.82) is 5.26 Å². The number of nitriles is 1. The summed E-state index contributed by atoms with van der Waals surface area (Å²) in [7, 11) is -3.88. The van der Waals surface area contributed by atoms with Crippen LogP contribution in [0.2, 0.25) is 10.2 Å². The monoisotopic (exact) mass is 327 g/mol. The molecule has 1 aromatic heterocycles. The molecule has 2 aromatic rings. The van der Waals surface area contributed by atoms with Crippen LogP contribution in [-0.4, -0.2) is 13.4 Å². The number of hydrogen-bond acceptors (Lipinski definition) is 4. The topological polar surface area (TPSA) is 82.9 Å². The predicted molar refractivity (Wildman–Crippen MR) is 76.2 cm³/mol. The summed E-state index contributed by atoms with van der Waals surface area (Å²) in [6.45, 7) is 0. The van der Waals surface area contributed by atoms with Gasteiger partial charge in [0.1, 0.15) is 16.1 Å². The maximum absolute atomic E-state index is 12.2. The van der Waals surface area contributed by atoms with E-state index in [1.54, 1.807) is 0 Å². The van der Waals surface area contributed by atoms with E-state index in [0.717, 1.165) is 0 Å². The lowest BCUT2D eigenvalue weighted by molar-refractivity contribution is 0.601. The van der Waals surface area contributed by atoms with Crippen molar-refractivity contribution in [2.75, 3.05) is 4.72 Å². The van der Waals surface area contributed by atoms with Crippen molar-refractivity contribution in [1.82, 2.24) is 4.98 Å². The van der Waals surface area contributed by atoms with Crippen LogP contribution in [0.4, 0.5) is 5.69 Å². The second-order valence-corrected chi connectivity index (χ2v) is 6.12. The fraction of sp³-hybridized carbons (Fsp3) is 0. The van der Waals surface area contributed by atoms with Crippen molar-refractivity contribution in [2.24, 2.45) is 0 Å². The summed E-state index contributed by atoms with van der Waals surface area (Å²) in [5, 5.41) is 8.97. The molecule has 0 aliphatic rings. The second-order valence-electron chi connectivity index (χ2n) is 3.70. The van der Waals surface area contributed by atoms with Gasteiger partial charge in [-0.1, -0.05) is 23.2 Å². The van der Waals surface area contributed by atoms with Crippen LogP contribution >= 0.6 is 23.2 Å². The van der Waals surface area contributed by atoms with Crippen molar-refractivity contribution in [2.45, 2.75) is 4.90 Å². The molecule has 0 aliphatic carbocycles. The summed E-state index contributed by atoms with van der Waals surface area (Å²) < 4.78 is 26.6. The standard InChI is InChI=1S/C12H7Cl2N3O2S/c13-10-4-3-9(6-8(10)7-15)17-20(18,19)11-2-1-5-16-12(11)14/h1-6,17H. The Morgan fingerprint density at radius 1 is 1.25 bits per heavy atom. The van der Waals surface area contributed by atoms with Gasteiger partial charge >= 0.3 is 0 Å². The molecule has 1 N–H and O–H groups in total. The summed E-state index contributed by atoms with van der Waals surface area (Å²) in [5.41, 5.74) is 0.384. The van der Waals surface area contributed by atoms with E-state index in [-0.39, 0.29) is 26.3 Å². The van der Waals surface area contributed by atoms with Crippen molar-refractivity contribution in [3.63, 3.8) is 0 Å². The normalized spacial score (nSPS) is 10.8. The summed E-state index contributed by atoms with van der Waals surface area (Å²) in [4.78, 5) is 3.56. The Morgan fingerprint density at radius 3 is 2.65 bits per heavy atom. The predicted octanol–water partition coefficient (Wildman–Crippen LogP) is 3.06. The third-order valence-electron chi connectivity index (χ3n) is 2.35. The summed E-state index contributed by atoms with van der Waals surface area (Å²) >= 11 is 11.5. The van der Waals surface area contributed by atoms with Crippen molar-refractivity contribution >= 4 is 38.9 Å².